The summed E-state index contributed by atoms with van der Waals surface area (Å²) in [7, 11) is 2.70. The lowest BCUT2D eigenvalue weighted by Crippen LogP contribution is -2.15. The maximum Gasteiger partial charge on any atom is 0.341 e. The van der Waals surface area contributed by atoms with Gasteiger partial charge in [-0.25, -0.2) is 9.18 Å². The van der Waals surface area contributed by atoms with Crippen molar-refractivity contribution in [3.05, 3.63) is 75.9 Å². The number of thiophene rings is 1. The third-order valence-corrected chi connectivity index (χ3v) is 5.62. The van der Waals surface area contributed by atoms with Crippen LogP contribution in [0.3, 0.4) is 0 Å². The molecule has 3 aromatic rings. The van der Waals surface area contributed by atoms with E-state index in [9.17, 15) is 18.8 Å². The van der Waals surface area contributed by atoms with Gasteiger partial charge in [-0.1, -0.05) is 18.2 Å². The molecule has 0 atom stereocenters. The molecular weight excluding hydrogens is 423 g/mol. The van der Waals surface area contributed by atoms with Gasteiger partial charge in [-0.3, -0.25) is 9.59 Å². The van der Waals surface area contributed by atoms with Crippen molar-refractivity contribution in [2.24, 2.45) is 0 Å². The number of nitrogens with one attached hydrogen (secondary N) is 2. The van der Waals surface area contributed by atoms with Crippen molar-refractivity contribution in [1.29, 1.82) is 0 Å². The van der Waals surface area contributed by atoms with Gasteiger partial charge in [-0.05, 0) is 36.8 Å². The number of methoxy groups -OCH3 is 2. The molecule has 0 saturated carbocycles. The van der Waals surface area contributed by atoms with E-state index in [1.807, 2.05) is 0 Å². The van der Waals surface area contributed by atoms with Gasteiger partial charge >= 0.3 is 5.97 Å². The fourth-order valence-corrected chi connectivity index (χ4v) is 3.96. The molecular formula is C22H19FN2O5S. The fraction of sp³-hybridized carbons (Fsp3) is 0.136. The molecule has 0 aliphatic carbocycles. The highest BCUT2D eigenvalue weighted by atomic mass is 32.1. The average molecular weight is 442 g/mol. The number of hydrogen-bond acceptors (Lipinski definition) is 6. The third kappa shape index (κ3) is 4.72. The number of hydrogen-bond donors (Lipinski definition) is 2. The molecule has 0 spiro atoms. The van der Waals surface area contributed by atoms with Crippen LogP contribution in [0.1, 0.15) is 36.0 Å². The molecule has 31 heavy (non-hydrogen) atoms. The second-order valence-electron chi connectivity index (χ2n) is 6.37. The molecule has 0 aliphatic heterocycles. The Morgan fingerprint density at radius 2 is 1.71 bits per heavy atom. The van der Waals surface area contributed by atoms with Crippen LogP contribution in [-0.2, 0) is 4.74 Å². The summed E-state index contributed by atoms with van der Waals surface area (Å²) in [6.07, 6.45) is 0. The van der Waals surface area contributed by atoms with E-state index in [1.165, 1.54) is 32.4 Å². The zero-order chi connectivity index (χ0) is 22.5. The maximum absolute atomic E-state index is 14.0. The van der Waals surface area contributed by atoms with Crippen molar-refractivity contribution in [1.82, 2.24) is 0 Å². The van der Waals surface area contributed by atoms with E-state index in [2.05, 4.69) is 10.6 Å². The Hall–Kier alpha value is -3.72. The van der Waals surface area contributed by atoms with Crippen LogP contribution in [0.25, 0.3) is 0 Å². The molecule has 0 aliphatic rings. The first-order valence-electron chi connectivity index (χ1n) is 9.08. The minimum absolute atomic E-state index is 0.0352. The van der Waals surface area contributed by atoms with E-state index in [0.717, 1.165) is 17.4 Å². The molecule has 2 aromatic carbocycles. The quantitative estimate of drug-likeness (QED) is 0.549. The molecule has 160 valence electrons. The van der Waals surface area contributed by atoms with Crippen LogP contribution in [0.4, 0.5) is 15.1 Å². The third-order valence-electron chi connectivity index (χ3n) is 4.42. The lowest BCUT2D eigenvalue weighted by Gasteiger charge is -2.07. The Morgan fingerprint density at radius 3 is 2.39 bits per heavy atom. The SMILES string of the molecule is COC(=O)c1c(NC(=O)c2ccccc2F)sc(C(=O)Nc2cccc(OC)c2)c1C. The zero-order valence-corrected chi connectivity index (χ0v) is 17.8. The number of benzene rings is 2. The number of halogens is 1. The second-order valence-corrected chi connectivity index (χ2v) is 7.39. The van der Waals surface area contributed by atoms with Gasteiger partial charge in [0.05, 0.1) is 30.2 Å². The predicted molar refractivity (Wildman–Crippen MR) is 116 cm³/mol. The van der Waals surface area contributed by atoms with Crippen molar-refractivity contribution < 1.29 is 28.2 Å². The summed E-state index contributed by atoms with van der Waals surface area (Å²) in [6.45, 7) is 1.57. The number of carbonyl (C=O) groups is 3. The van der Waals surface area contributed by atoms with Gasteiger partial charge in [-0.15, -0.1) is 11.3 Å². The molecule has 1 aromatic heterocycles. The van der Waals surface area contributed by atoms with E-state index in [0.29, 0.717) is 17.0 Å². The van der Waals surface area contributed by atoms with Gasteiger partial charge in [0, 0.05) is 11.8 Å². The van der Waals surface area contributed by atoms with Gasteiger partial charge in [-0.2, -0.15) is 0 Å². The number of anilines is 2. The van der Waals surface area contributed by atoms with E-state index in [-0.39, 0.29) is 21.0 Å². The van der Waals surface area contributed by atoms with Crippen LogP contribution in [0.2, 0.25) is 0 Å². The van der Waals surface area contributed by atoms with Crippen molar-refractivity contribution in [3.8, 4) is 5.75 Å². The second kappa shape index (κ2) is 9.40. The molecule has 0 bridgehead atoms. The zero-order valence-electron chi connectivity index (χ0n) is 16.9. The highest BCUT2D eigenvalue weighted by Crippen LogP contribution is 2.35. The first-order valence-corrected chi connectivity index (χ1v) is 9.90. The Labute approximate surface area is 181 Å². The van der Waals surface area contributed by atoms with Crippen LogP contribution < -0.4 is 15.4 Å². The molecule has 2 N–H and O–H groups in total. The molecule has 0 radical (unpaired) electrons. The van der Waals surface area contributed by atoms with E-state index in [1.54, 1.807) is 31.2 Å². The summed E-state index contributed by atoms with van der Waals surface area (Å²) in [5.74, 6) is -2.09. The smallest absolute Gasteiger partial charge is 0.341 e. The van der Waals surface area contributed by atoms with Crippen molar-refractivity contribution in [2.75, 3.05) is 24.9 Å². The van der Waals surface area contributed by atoms with Gasteiger partial charge in [0.1, 0.15) is 16.6 Å². The first-order chi connectivity index (χ1) is 14.8. The summed E-state index contributed by atoms with van der Waals surface area (Å²) in [6, 6.07) is 12.2. The Morgan fingerprint density at radius 1 is 0.968 bits per heavy atom. The largest absolute Gasteiger partial charge is 0.497 e. The molecule has 3 rings (SSSR count). The summed E-state index contributed by atoms with van der Waals surface area (Å²) < 4.78 is 23.9. The summed E-state index contributed by atoms with van der Waals surface area (Å²) in [5.41, 5.74) is 0.675. The molecule has 0 fully saturated rings. The number of ether oxygens (including phenoxy) is 2. The number of rotatable bonds is 6. The topological polar surface area (TPSA) is 93.7 Å². The Kier molecular flexibility index (Phi) is 6.66. The van der Waals surface area contributed by atoms with Crippen molar-refractivity contribution >= 4 is 39.8 Å². The standard InChI is InChI=1S/C22H19FN2O5S/c1-12-17(22(28)30-3)21(25-19(26)15-9-4-5-10-16(15)23)31-18(12)20(27)24-13-7-6-8-14(11-13)29-2/h4-11H,1-3H3,(H,24,27)(H,25,26). The van der Waals surface area contributed by atoms with Crippen LogP contribution in [0.5, 0.6) is 5.75 Å². The summed E-state index contributed by atoms with van der Waals surface area (Å²) in [5, 5.41) is 5.34. The predicted octanol–water partition coefficient (Wildman–Crippen LogP) is 4.50. The van der Waals surface area contributed by atoms with Crippen LogP contribution in [-0.4, -0.2) is 32.0 Å². The maximum atomic E-state index is 14.0. The number of carbonyl (C=O) groups excluding carboxylic acids is 3. The van der Waals surface area contributed by atoms with Crippen molar-refractivity contribution in [2.45, 2.75) is 6.92 Å². The minimum Gasteiger partial charge on any atom is -0.497 e. The number of esters is 1. The normalized spacial score (nSPS) is 10.3. The molecule has 1 heterocycles. The Bertz CT molecular complexity index is 1160. The fourth-order valence-electron chi connectivity index (χ4n) is 2.87. The minimum atomic E-state index is -0.746. The molecule has 0 saturated heterocycles. The summed E-state index contributed by atoms with van der Waals surface area (Å²) in [4.78, 5) is 37.9. The van der Waals surface area contributed by atoms with Gasteiger partial charge in [0.25, 0.3) is 11.8 Å². The highest BCUT2D eigenvalue weighted by molar-refractivity contribution is 7.19. The molecule has 2 amide bonds. The monoisotopic (exact) mass is 442 g/mol. The van der Waals surface area contributed by atoms with Crippen molar-refractivity contribution in [3.63, 3.8) is 0 Å². The van der Waals surface area contributed by atoms with E-state index >= 15 is 0 Å². The molecule has 7 nitrogen and oxygen atoms in total. The van der Waals surface area contributed by atoms with E-state index in [4.69, 9.17) is 9.47 Å². The average Bonchev–Trinajstić information content (AvgIpc) is 3.09. The van der Waals surface area contributed by atoms with Crippen LogP contribution >= 0.6 is 11.3 Å². The summed E-state index contributed by atoms with van der Waals surface area (Å²) >= 11 is 0.897. The highest BCUT2D eigenvalue weighted by Gasteiger charge is 2.27. The Balaban J connectivity index is 1.94. The lowest BCUT2D eigenvalue weighted by molar-refractivity contribution is 0.0601. The molecule has 9 heteroatoms. The van der Waals surface area contributed by atoms with Gasteiger partial charge in [0.15, 0.2) is 0 Å². The van der Waals surface area contributed by atoms with Crippen LogP contribution in [0.15, 0.2) is 48.5 Å². The lowest BCUT2D eigenvalue weighted by atomic mass is 10.1. The number of amides is 2. The van der Waals surface area contributed by atoms with E-state index < -0.39 is 23.6 Å². The first kappa shape index (κ1) is 22.0. The van der Waals surface area contributed by atoms with Gasteiger partial charge < -0.3 is 20.1 Å². The van der Waals surface area contributed by atoms with Crippen LogP contribution in [0, 0.1) is 12.7 Å². The molecule has 0 unspecified atom stereocenters. The van der Waals surface area contributed by atoms with Gasteiger partial charge in [0.2, 0.25) is 0 Å².